The molecule has 0 spiro atoms. The number of hydrogen-bond acceptors (Lipinski definition) is 4. The van der Waals surface area contributed by atoms with Crippen molar-refractivity contribution in [3.8, 4) is 0 Å². The van der Waals surface area contributed by atoms with E-state index < -0.39 is 10.4 Å². The molecule has 0 aromatic rings. The molecule has 154 valence electrons. The van der Waals surface area contributed by atoms with Crippen LogP contribution in [0.25, 0.3) is 0 Å². The molecule has 0 aliphatic carbocycles. The second-order valence-corrected chi connectivity index (χ2v) is 8.28. The van der Waals surface area contributed by atoms with Gasteiger partial charge in [0.05, 0.1) is 6.61 Å². The van der Waals surface area contributed by atoms with Gasteiger partial charge in [0.25, 0.3) is 0 Å². The van der Waals surface area contributed by atoms with Gasteiger partial charge >= 0.3 is 10.4 Å². The van der Waals surface area contributed by atoms with Crippen molar-refractivity contribution < 1.29 is 17.2 Å². The average molecular weight is 382 g/mol. The van der Waals surface area contributed by atoms with Crippen molar-refractivity contribution in [1.29, 1.82) is 0 Å². The Morgan fingerprint density at radius 2 is 0.960 bits per heavy atom. The fraction of sp³-hybridized carbons (Fsp3) is 1.00. The summed E-state index contributed by atoms with van der Waals surface area (Å²) < 4.78 is 33.2. The Morgan fingerprint density at radius 3 is 1.24 bits per heavy atom. The molecule has 0 atom stereocenters. The lowest BCUT2D eigenvalue weighted by Crippen LogP contribution is -2.04. The van der Waals surface area contributed by atoms with Gasteiger partial charge in [-0.1, -0.05) is 90.4 Å². The third-order valence-corrected chi connectivity index (χ3v) is 4.19. The van der Waals surface area contributed by atoms with Crippen LogP contribution in [0, 0.1) is 0 Å². The third-order valence-electron chi connectivity index (χ3n) is 3.73. The zero-order valence-corrected chi connectivity index (χ0v) is 18.0. The van der Waals surface area contributed by atoms with Gasteiger partial charge in [-0.05, 0) is 27.6 Å². The second-order valence-electron chi connectivity index (χ2n) is 7.19. The van der Waals surface area contributed by atoms with E-state index in [1.165, 1.54) is 70.6 Å². The van der Waals surface area contributed by atoms with Gasteiger partial charge in [0.2, 0.25) is 0 Å². The molecular formula is C19H43NO4S. The maximum Gasteiger partial charge on any atom is 0.397 e. The number of hydrogen-bond donors (Lipinski definition) is 1. The molecule has 6 heteroatoms. The van der Waals surface area contributed by atoms with Crippen LogP contribution in [0.1, 0.15) is 96.8 Å². The maximum atomic E-state index is 10.3. The van der Waals surface area contributed by atoms with Crippen molar-refractivity contribution in [3.63, 3.8) is 0 Å². The van der Waals surface area contributed by atoms with Crippen molar-refractivity contribution in [1.82, 2.24) is 4.90 Å². The molecule has 0 aliphatic heterocycles. The summed E-state index contributed by atoms with van der Waals surface area (Å²) in [5.74, 6) is 0. The molecule has 0 fully saturated rings. The highest BCUT2D eigenvalue weighted by molar-refractivity contribution is 7.80. The highest BCUT2D eigenvalue weighted by Crippen LogP contribution is 2.12. The van der Waals surface area contributed by atoms with Crippen LogP contribution in [0.15, 0.2) is 0 Å². The molecule has 0 unspecified atom stereocenters. The van der Waals surface area contributed by atoms with Crippen LogP contribution < -0.4 is 0 Å². The summed E-state index contributed by atoms with van der Waals surface area (Å²) >= 11 is 0. The summed E-state index contributed by atoms with van der Waals surface area (Å²) in [6, 6.07) is 0. The summed E-state index contributed by atoms with van der Waals surface area (Å²) in [6.07, 6.45) is 17.6. The second kappa shape index (κ2) is 20.1. The van der Waals surface area contributed by atoms with Gasteiger partial charge < -0.3 is 4.90 Å². The SMILES string of the molecule is CCCCCCCCCCCCCCCCOS(=O)(=O)O.CN(C)C. The van der Waals surface area contributed by atoms with Gasteiger partial charge in [-0.3, -0.25) is 4.55 Å². The van der Waals surface area contributed by atoms with E-state index in [-0.39, 0.29) is 6.61 Å². The Labute approximate surface area is 157 Å². The van der Waals surface area contributed by atoms with E-state index in [9.17, 15) is 8.42 Å². The first kappa shape index (κ1) is 27.1. The van der Waals surface area contributed by atoms with E-state index in [0.29, 0.717) is 6.42 Å². The highest BCUT2D eigenvalue weighted by Gasteiger charge is 2.02. The number of unbranched alkanes of at least 4 members (excludes halogenated alkanes) is 13. The Kier molecular flexibility index (Phi) is 21.8. The van der Waals surface area contributed by atoms with E-state index in [1.807, 2.05) is 26.0 Å². The molecule has 0 rings (SSSR count). The first-order valence-corrected chi connectivity index (χ1v) is 11.4. The standard InChI is InChI=1S/C16H34O4S.C3H9N/c1-2-3-4-5-6-7-8-9-10-11-12-13-14-15-16-20-21(17,18)19;1-4(2)3/h2-16H2,1H3,(H,17,18,19);1-3H3. The van der Waals surface area contributed by atoms with Crippen molar-refractivity contribution in [3.05, 3.63) is 0 Å². The molecule has 0 aliphatic rings. The first-order chi connectivity index (χ1) is 11.8. The Balaban J connectivity index is 0. The van der Waals surface area contributed by atoms with Crippen molar-refractivity contribution in [2.24, 2.45) is 0 Å². The summed E-state index contributed by atoms with van der Waals surface area (Å²) in [5.41, 5.74) is 0. The Hall–Kier alpha value is -0.170. The Bertz CT molecular complexity index is 343. The topological polar surface area (TPSA) is 66.8 Å². The zero-order valence-electron chi connectivity index (χ0n) is 17.1. The largest absolute Gasteiger partial charge is 0.397 e. The maximum absolute atomic E-state index is 10.3. The van der Waals surface area contributed by atoms with Crippen molar-refractivity contribution >= 4 is 10.4 Å². The van der Waals surface area contributed by atoms with E-state index >= 15 is 0 Å². The lowest BCUT2D eigenvalue weighted by molar-refractivity contribution is 0.261. The molecule has 0 bridgehead atoms. The lowest BCUT2D eigenvalue weighted by Gasteiger charge is -2.03. The summed E-state index contributed by atoms with van der Waals surface area (Å²) in [7, 11) is 1.76. The van der Waals surface area contributed by atoms with E-state index in [0.717, 1.165) is 12.8 Å². The average Bonchev–Trinajstić information content (AvgIpc) is 2.49. The van der Waals surface area contributed by atoms with E-state index in [1.54, 1.807) is 0 Å². The van der Waals surface area contributed by atoms with Crippen LogP contribution in [0.2, 0.25) is 0 Å². The third kappa shape index (κ3) is 35.7. The van der Waals surface area contributed by atoms with Gasteiger partial charge in [0.1, 0.15) is 0 Å². The summed E-state index contributed by atoms with van der Waals surface area (Å²) in [5, 5.41) is 0. The molecule has 25 heavy (non-hydrogen) atoms. The fourth-order valence-electron chi connectivity index (χ4n) is 2.46. The molecule has 0 saturated carbocycles. The number of rotatable bonds is 16. The van der Waals surface area contributed by atoms with E-state index in [2.05, 4.69) is 11.1 Å². The normalized spacial score (nSPS) is 11.4. The van der Waals surface area contributed by atoms with E-state index in [4.69, 9.17) is 4.55 Å². The quantitative estimate of drug-likeness (QED) is 0.284. The zero-order chi connectivity index (χ0) is 19.4. The smallest absolute Gasteiger partial charge is 0.312 e. The summed E-state index contributed by atoms with van der Waals surface area (Å²) in [6.45, 7) is 2.35. The van der Waals surface area contributed by atoms with Crippen LogP contribution in [0.5, 0.6) is 0 Å². The Morgan fingerprint density at radius 1 is 0.680 bits per heavy atom. The molecular weight excluding hydrogens is 338 g/mol. The minimum Gasteiger partial charge on any atom is -0.312 e. The lowest BCUT2D eigenvalue weighted by atomic mass is 10.0. The van der Waals surface area contributed by atoms with Crippen molar-refractivity contribution in [2.45, 2.75) is 96.8 Å². The predicted molar refractivity (Wildman–Crippen MR) is 107 cm³/mol. The minimum absolute atomic E-state index is 0.0941. The van der Waals surface area contributed by atoms with Crippen LogP contribution in [-0.2, 0) is 14.6 Å². The molecule has 0 saturated heterocycles. The summed E-state index contributed by atoms with van der Waals surface area (Å²) in [4.78, 5) is 2.00. The molecule has 0 radical (unpaired) electrons. The highest BCUT2D eigenvalue weighted by atomic mass is 32.3. The van der Waals surface area contributed by atoms with Crippen molar-refractivity contribution in [2.75, 3.05) is 27.7 Å². The molecule has 1 N–H and O–H groups in total. The molecule has 5 nitrogen and oxygen atoms in total. The van der Waals surface area contributed by atoms with Gasteiger partial charge in [-0.15, -0.1) is 0 Å². The molecule has 0 amide bonds. The van der Waals surface area contributed by atoms with Gasteiger partial charge in [-0.25, -0.2) is 4.18 Å². The fourth-order valence-corrected chi connectivity index (χ4v) is 2.79. The molecule has 0 aromatic heterocycles. The number of nitrogens with zero attached hydrogens (tertiary/aromatic N) is 1. The first-order valence-electron chi connectivity index (χ1n) is 10.0. The monoisotopic (exact) mass is 381 g/mol. The van der Waals surface area contributed by atoms with Gasteiger partial charge in [-0.2, -0.15) is 8.42 Å². The van der Waals surface area contributed by atoms with Crippen LogP contribution in [0.3, 0.4) is 0 Å². The van der Waals surface area contributed by atoms with Crippen LogP contribution in [-0.4, -0.2) is 45.6 Å². The predicted octanol–water partition coefficient (Wildman–Crippen LogP) is 5.46. The van der Waals surface area contributed by atoms with Crippen LogP contribution in [0.4, 0.5) is 0 Å². The van der Waals surface area contributed by atoms with Crippen LogP contribution >= 0.6 is 0 Å². The van der Waals surface area contributed by atoms with Gasteiger partial charge in [0, 0.05) is 0 Å². The molecule has 0 heterocycles. The minimum atomic E-state index is -4.24. The van der Waals surface area contributed by atoms with Gasteiger partial charge in [0.15, 0.2) is 0 Å². The molecule has 0 aromatic carbocycles.